The van der Waals surface area contributed by atoms with Crippen molar-refractivity contribution in [2.75, 3.05) is 88.5 Å². The molecule has 0 aromatic carbocycles. The van der Waals surface area contributed by atoms with Crippen LogP contribution in [0.2, 0.25) is 0 Å². The molecule has 0 unspecified atom stereocenters. The summed E-state index contributed by atoms with van der Waals surface area (Å²) in [5, 5.41) is 9.24. The molecule has 20 heavy (non-hydrogen) atoms. The molecular formula is C14H29N3OS2. The molecule has 0 amide bonds. The molecule has 0 atom stereocenters. The van der Waals surface area contributed by atoms with Crippen LogP contribution in [0.5, 0.6) is 0 Å². The number of aliphatic hydroxyl groups is 1. The van der Waals surface area contributed by atoms with Crippen molar-refractivity contribution in [1.82, 2.24) is 14.7 Å². The second kappa shape index (κ2) is 10.3. The molecule has 0 bridgehead atoms. The Bertz CT molecular complexity index is 225. The molecule has 2 rings (SSSR count). The van der Waals surface area contributed by atoms with Crippen molar-refractivity contribution in [3.63, 3.8) is 0 Å². The lowest BCUT2D eigenvalue weighted by atomic mass is 10.3. The Labute approximate surface area is 132 Å². The summed E-state index contributed by atoms with van der Waals surface area (Å²) in [5.41, 5.74) is 0. The molecule has 0 aliphatic carbocycles. The van der Waals surface area contributed by atoms with Gasteiger partial charge in [-0.15, -0.1) is 0 Å². The van der Waals surface area contributed by atoms with E-state index in [1.54, 1.807) is 0 Å². The summed E-state index contributed by atoms with van der Waals surface area (Å²) >= 11 is 4.14. The fourth-order valence-corrected chi connectivity index (χ4v) is 4.65. The highest BCUT2D eigenvalue weighted by Crippen LogP contribution is 2.10. The molecule has 0 radical (unpaired) electrons. The van der Waals surface area contributed by atoms with Gasteiger partial charge in [0.05, 0.1) is 6.61 Å². The Morgan fingerprint density at radius 1 is 0.750 bits per heavy atom. The number of nitrogens with zero attached hydrogens (tertiary/aromatic N) is 3. The zero-order valence-electron chi connectivity index (χ0n) is 12.5. The molecule has 1 N–H and O–H groups in total. The van der Waals surface area contributed by atoms with Crippen LogP contribution in [0.1, 0.15) is 0 Å². The lowest BCUT2D eigenvalue weighted by molar-refractivity contribution is 0.155. The van der Waals surface area contributed by atoms with Gasteiger partial charge in [0.25, 0.3) is 0 Å². The zero-order chi connectivity index (χ0) is 14.0. The summed E-state index contributed by atoms with van der Waals surface area (Å²) in [4.78, 5) is 7.57. The van der Waals surface area contributed by atoms with Crippen LogP contribution in [0.25, 0.3) is 0 Å². The van der Waals surface area contributed by atoms with E-state index in [1.165, 1.54) is 49.2 Å². The third-order valence-corrected chi connectivity index (χ3v) is 5.97. The maximum atomic E-state index is 9.24. The molecule has 0 spiro atoms. The quantitative estimate of drug-likeness (QED) is 0.696. The molecule has 0 aromatic heterocycles. The Morgan fingerprint density at radius 3 is 1.60 bits per heavy atom. The molecule has 2 saturated heterocycles. The molecule has 2 heterocycles. The van der Waals surface area contributed by atoms with Gasteiger partial charge in [-0.25, -0.2) is 0 Å². The van der Waals surface area contributed by atoms with E-state index in [-0.39, 0.29) is 6.61 Å². The van der Waals surface area contributed by atoms with E-state index in [4.69, 9.17) is 0 Å². The summed E-state index contributed by atoms with van der Waals surface area (Å²) in [6, 6.07) is 0. The van der Waals surface area contributed by atoms with Gasteiger partial charge >= 0.3 is 0 Å². The molecule has 2 fully saturated rings. The number of hydrogen-bond donors (Lipinski definition) is 1. The predicted molar refractivity (Wildman–Crippen MR) is 91.1 cm³/mol. The minimum absolute atomic E-state index is 0.283. The molecule has 4 nitrogen and oxygen atoms in total. The van der Waals surface area contributed by atoms with Crippen molar-refractivity contribution in [2.45, 2.75) is 0 Å². The van der Waals surface area contributed by atoms with E-state index in [1.807, 2.05) is 0 Å². The van der Waals surface area contributed by atoms with Crippen molar-refractivity contribution in [1.29, 1.82) is 0 Å². The average Bonchev–Trinajstić information content (AvgIpc) is 2.52. The van der Waals surface area contributed by atoms with E-state index in [0.29, 0.717) is 0 Å². The lowest BCUT2D eigenvalue weighted by Crippen LogP contribution is -2.44. The van der Waals surface area contributed by atoms with Crippen LogP contribution >= 0.6 is 23.5 Å². The van der Waals surface area contributed by atoms with Crippen LogP contribution < -0.4 is 0 Å². The monoisotopic (exact) mass is 319 g/mol. The second-order valence-electron chi connectivity index (χ2n) is 5.47. The Kier molecular flexibility index (Phi) is 8.70. The van der Waals surface area contributed by atoms with E-state index in [0.717, 1.165) is 32.7 Å². The number of hydrogen-bond acceptors (Lipinski definition) is 6. The molecule has 2 aliphatic rings. The topological polar surface area (TPSA) is 30.0 Å². The minimum Gasteiger partial charge on any atom is -0.395 e. The van der Waals surface area contributed by atoms with Crippen LogP contribution in [-0.2, 0) is 0 Å². The number of rotatable bonds is 8. The highest BCUT2D eigenvalue weighted by atomic mass is 32.2. The van der Waals surface area contributed by atoms with Gasteiger partial charge in [0.15, 0.2) is 0 Å². The van der Waals surface area contributed by atoms with Gasteiger partial charge in [0.1, 0.15) is 0 Å². The van der Waals surface area contributed by atoms with Crippen molar-refractivity contribution in [3.05, 3.63) is 0 Å². The zero-order valence-corrected chi connectivity index (χ0v) is 14.1. The van der Waals surface area contributed by atoms with E-state index in [2.05, 4.69) is 38.2 Å². The Morgan fingerprint density at radius 2 is 1.20 bits per heavy atom. The summed E-state index contributed by atoms with van der Waals surface area (Å²) in [6.07, 6.45) is 0. The first kappa shape index (κ1) is 16.9. The summed E-state index contributed by atoms with van der Waals surface area (Å²) < 4.78 is 0. The highest BCUT2D eigenvalue weighted by Gasteiger charge is 2.14. The maximum Gasteiger partial charge on any atom is 0.0558 e. The molecular weight excluding hydrogens is 290 g/mol. The van der Waals surface area contributed by atoms with E-state index in [9.17, 15) is 5.11 Å². The largest absolute Gasteiger partial charge is 0.395 e. The second-order valence-corrected chi connectivity index (χ2v) is 7.92. The van der Waals surface area contributed by atoms with Crippen LogP contribution in [0.3, 0.4) is 0 Å². The van der Waals surface area contributed by atoms with Crippen molar-refractivity contribution < 1.29 is 5.11 Å². The fourth-order valence-electron chi connectivity index (χ4n) is 2.69. The minimum atomic E-state index is 0.283. The molecule has 0 saturated carbocycles. The van der Waals surface area contributed by atoms with Gasteiger partial charge in [-0.1, -0.05) is 0 Å². The van der Waals surface area contributed by atoms with E-state index < -0.39 is 0 Å². The van der Waals surface area contributed by atoms with Crippen LogP contribution in [-0.4, -0.2) is 108 Å². The molecule has 6 heteroatoms. The fraction of sp³-hybridized carbons (Fsp3) is 1.00. The third-order valence-electron chi connectivity index (χ3n) is 4.09. The van der Waals surface area contributed by atoms with Gasteiger partial charge in [0.2, 0.25) is 0 Å². The first-order valence-corrected chi connectivity index (χ1v) is 10.1. The third kappa shape index (κ3) is 6.54. The Hall–Kier alpha value is 0.540. The van der Waals surface area contributed by atoms with Crippen molar-refractivity contribution >= 4 is 23.5 Å². The number of thioether (sulfide) groups is 2. The predicted octanol–water partition coefficient (Wildman–Crippen LogP) is 0.378. The molecule has 0 aromatic rings. The van der Waals surface area contributed by atoms with Crippen LogP contribution in [0.4, 0.5) is 0 Å². The standard InChI is InChI=1S/C14H29N3OS2/c18-10-5-15(1-3-16-6-11-19-12-7-16)2-4-17-8-13-20-14-9-17/h18H,1-14H2. The van der Waals surface area contributed by atoms with Gasteiger partial charge in [-0.05, 0) is 0 Å². The average molecular weight is 320 g/mol. The highest BCUT2D eigenvalue weighted by molar-refractivity contribution is 7.99. The first-order valence-electron chi connectivity index (χ1n) is 7.82. The molecule has 118 valence electrons. The number of aliphatic hydroxyl groups excluding tert-OH is 1. The summed E-state index contributed by atoms with van der Waals surface area (Å²) in [6.45, 7) is 10.6. The van der Waals surface area contributed by atoms with Gasteiger partial charge < -0.3 is 14.9 Å². The summed E-state index contributed by atoms with van der Waals surface area (Å²) in [5.74, 6) is 5.13. The van der Waals surface area contributed by atoms with Crippen molar-refractivity contribution in [2.24, 2.45) is 0 Å². The smallest absolute Gasteiger partial charge is 0.0558 e. The SMILES string of the molecule is OCCN(CCN1CCSCC1)CCN1CCSCC1. The maximum absolute atomic E-state index is 9.24. The van der Waals surface area contributed by atoms with Crippen LogP contribution in [0, 0.1) is 0 Å². The van der Waals surface area contributed by atoms with Gasteiger partial charge in [0, 0.05) is 81.9 Å². The van der Waals surface area contributed by atoms with Gasteiger partial charge in [-0.2, -0.15) is 23.5 Å². The van der Waals surface area contributed by atoms with Crippen LogP contribution in [0.15, 0.2) is 0 Å². The normalized spacial score (nSPS) is 22.5. The van der Waals surface area contributed by atoms with Gasteiger partial charge in [-0.3, -0.25) is 4.90 Å². The molecule has 2 aliphatic heterocycles. The lowest BCUT2D eigenvalue weighted by Gasteiger charge is -2.32. The first-order chi connectivity index (χ1) is 9.88. The Balaban J connectivity index is 1.63. The van der Waals surface area contributed by atoms with Crippen molar-refractivity contribution in [3.8, 4) is 0 Å². The van der Waals surface area contributed by atoms with E-state index >= 15 is 0 Å². The summed E-state index contributed by atoms with van der Waals surface area (Å²) in [7, 11) is 0.